The Morgan fingerprint density at radius 2 is 1.47 bits per heavy atom. The van der Waals surface area contributed by atoms with Crippen molar-refractivity contribution in [1.29, 1.82) is 0 Å². The van der Waals surface area contributed by atoms with Crippen molar-refractivity contribution in [3.05, 3.63) is 0 Å². The SMILES string of the molecule is CC.CC(C)N1CCCCC1.CCPC. The molecule has 1 rings (SSSR count). The number of hydrogen-bond donors (Lipinski definition) is 0. The number of rotatable bonds is 2. The van der Waals surface area contributed by atoms with Gasteiger partial charge in [0.2, 0.25) is 0 Å². The maximum atomic E-state index is 2.56. The van der Waals surface area contributed by atoms with Crippen LogP contribution in [0.15, 0.2) is 0 Å². The Hall–Kier alpha value is 0.390. The van der Waals surface area contributed by atoms with E-state index >= 15 is 0 Å². The van der Waals surface area contributed by atoms with Crippen molar-refractivity contribution in [3.63, 3.8) is 0 Å². The molecule has 1 heterocycles. The van der Waals surface area contributed by atoms with Gasteiger partial charge in [-0.05, 0) is 52.6 Å². The van der Waals surface area contributed by atoms with Gasteiger partial charge in [-0.3, -0.25) is 0 Å². The number of nitrogens with zero attached hydrogens (tertiary/aromatic N) is 1. The van der Waals surface area contributed by atoms with Crippen molar-refractivity contribution < 1.29 is 0 Å². The van der Waals surface area contributed by atoms with Gasteiger partial charge in [0.15, 0.2) is 0 Å². The molecule has 0 aromatic heterocycles. The molecule has 1 unspecified atom stereocenters. The zero-order valence-electron chi connectivity index (χ0n) is 11.8. The smallest absolute Gasteiger partial charge is 0.00385 e. The Kier molecular flexibility index (Phi) is 17.1. The van der Waals surface area contributed by atoms with E-state index in [0.717, 1.165) is 14.6 Å². The van der Waals surface area contributed by atoms with Crippen molar-refractivity contribution in [1.82, 2.24) is 4.90 Å². The number of piperidine rings is 1. The van der Waals surface area contributed by atoms with Crippen LogP contribution in [0.1, 0.15) is 53.9 Å². The average molecular weight is 233 g/mol. The van der Waals surface area contributed by atoms with Crippen LogP contribution in [-0.4, -0.2) is 36.9 Å². The second-order valence-electron chi connectivity index (χ2n) is 3.90. The van der Waals surface area contributed by atoms with Gasteiger partial charge in [0, 0.05) is 6.04 Å². The quantitative estimate of drug-likeness (QED) is 0.645. The first kappa shape index (κ1) is 17.8. The minimum absolute atomic E-state index is 0.769. The zero-order chi connectivity index (χ0) is 12.1. The molecule has 1 atom stereocenters. The fourth-order valence-electron chi connectivity index (χ4n) is 1.43. The average Bonchev–Trinajstić information content (AvgIpc) is 2.33. The van der Waals surface area contributed by atoms with Crippen LogP contribution in [0, 0.1) is 0 Å². The molecule has 2 heteroatoms. The Labute approximate surface area is 99.8 Å². The minimum atomic E-state index is 0.769. The Morgan fingerprint density at radius 1 is 1.07 bits per heavy atom. The highest BCUT2D eigenvalue weighted by atomic mass is 31.1. The molecule has 1 saturated heterocycles. The topological polar surface area (TPSA) is 3.24 Å². The summed E-state index contributed by atoms with van der Waals surface area (Å²) in [6, 6.07) is 0.769. The van der Waals surface area contributed by atoms with Crippen molar-refractivity contribution in [2.45, 2.75) is 59.9 Å². The summed E-state index contributed by atoms with van der Waals surface area (Å²) in [5.41, 5.74) is 0. The molecule has 0 N–H and O–H groups in total. The van der Waals surface area contributed by atoms with Crippen LogP contribution in [0.2, 0.25) is 0 Å². The van der Waals surface area contributed by atoms with Gasteiger partial charge in [-0.25, -0.2) is 0 Å². The predicted octanol–water partition coefficient (Wildman–Crippen LogP) is 4.22. The maximum absolute atomic E-state index is 2.56. The molecule has 0 bridgehead atoms. The molecule has 0 radical (unpaired) electrons. The van der Waals surface area contributed by atoms with E-state index in [1.165, 1.54) is 38.5 Å². The Balaban J connectivity index is 0. The van der Waals surface area contributed by atoms with E-state index in [1.807, 2.05) is 13.8 Å². The van der Waals surface area contributed by atoms with Crippen LogP contribution in [0.5, 0.6) is 0 Å². The minimum Gasteiger partial charge on any atom is -0.301 e. The normalized spacial score (nSPS) is 17.0. The fourth-order valence-corrected chi connectivity index (χ4v) is 1.43. The summed E-state index contributed by atoms with van der Waals surface area (Å²) in [7, 11) is 1.14. The molecule has 0 aromatic rings. The van der Waals surface area contributed by atoms with E-state index in [9.17, 15) is 0 Å². The first-order chi connectivity index (χ1) is 7.22. The van der Waals surface area contributed by atoms with Crippen molar-refractivity contribution in [2.75, 3.05) is 25.9 Å². The fraction of sp³-hybridized carbons (Fsp3) is 1.00. The van der Waals surface area contributed by atoms with Gasteiger partial charge in [-0.1, -0.05) is 27.2 Å². The lowest BCUT2D eigenvalue weighted by atomic mass is 10.1. The lowest BCUT2D eigenvalue weighted by Gasteiger charge is -2.29. The van der Waals surface area contributed by atoms with Crippen LogP contribution < -0.4 is 0 Å². The van der Waals surface area contributed by atoms with E-state index in [1.54, 1.807) is 0 Å². The summed E-state index contributed by atoms with van der Waals surface area (Å²) in [4.78, 5) is 2.56. The van der Waals surface area contributed by atoms with E-state index in [-0.39, 0.29) is 0 Å². The predicted molar refractivity (Wildman–Crippen MR) is 76.7 cm³/mol. The molecule has 1 fully saturated rings. The lowest BCUT2D eigenvalue weighted by Crippen LogP contribution is -2.35. The molecule has 1 aliphatic heterocycles. The largest absolute Gasteiger partial charge is 0.301 e. The molecule has 1 aliphatic rings. The molecular formula is C13H32NP. The van der Waals surface area contributed by atoms with E-state index in [2.05, 4.69) is 32.3 Å². The van der Waals surface area contributed by atoms with Crippen molar-refractivity contribution >= 4 is 8.58 Å². The third-order valence-corrected chi connectivity index (χ3v) is 3.18. The third-order valence-electron chi connectivity index (χ3n) is 2.47. The molecule has 94 valence electrons. The van der Waals surface area contributed by atoms with Gasteiger partial charge in [0.25, 0.3) is 0 Å². The third kappa shape index (κ3) is 12.3. The molecule has 0 spiro atoms. The first-order valence-electron chi connectivity index (χ1n) is 6.61. The van der Waals surface area contributed by atoms with Gasteiger partial charge in [-0.15, -0.1) is 8.58 Å². The summed E-state index contributed by atoms with van der Waals surface area (Å²) >= 11 is 0. The summed E-state index contributed by atoms with van der Waals surface area (Å²) < 4.78 is 0. The number of likely N-dealkylation sites (tertiary alicyclic amines) is 1. The molecule has 0 aromatic carbocycles. The maximum Gasteiger partial charge on any atom is 0.00385 e. The molecular weight excluding hydrogens is 201 g/mol. The van der Waals surface area contributed by atoms with Gasteiger partial charge < -0.3 is 4.90 Å². The van der Waals surface area contributed by atoms with Crippen LogP contribution in [0.3, 0.4) is 0 Å². The first-order valence-corrected chi connectivity index (χ1v) is 8.31. The summed E-state index contributed by atoms with van der Waals surface area (Å²) in [5.74, 6) is 0. The van der Waals surface area contributed by atoms with Crippen molar-refractivity contribution in [2.24, 2.45) is 0 Å². The van der Waals surface area contributed by atoms with Crippen LogP contribution >= 0.6 is 8.58 Å². The molecule has 15 heavy (non-hydrogen) atoms. The van der Waals surface area contributed by atoms with Gasteiger partial charge >= 0.3 is 0 Å². The van der Waals surface area contributed by atoms with Crippen LogP contribution in [-0.2, 0) is 0 Å². The lowest BCUT2D eigenvalue weighted by molar-refractivity contribution is 0.185. The summed E-state index contributed by atoms with van der Waals surface area (Å²) in [5, 5.41) is 0. The standard InChI is InChI=1S/C8H17N.C3H9P.C2H6/c1-8(2)9-6-4-3-5-7-9;1-3-4-2;1-2/h8H,3-7H2,1-2H3;4H,3H2,1-2H3;1-2H3. The summed E-state index contributed by atoms with van der Waals surface area (Å²) in [6.45, 7) is 15.6. The zero-order valence-corrected chi connectivity index (χ0v) is 12.8. The Bertz CT molecular complexity index is 96.7. The second kappa shape index (κ2) is 14.4. The van der Waals surface area contributed by atoms with Crippen molar-refractivity contribution in [3.8, 4) is 0 Å². The summed E-state index contributed by atoms with van der Waals surface area (Å²) in [6.07, 6.45) is 5.62. The second-order valence-corrected chi connectivity index (χ2v) is 5.31. The molecule has 0 aliphatic carbocycles. The van der Waals surface area contributed by atoms with Gasteiger partial charge in [0.05, 0.1) is 0 Å². The molecule has 0 amide bonds. The van der Waals surface area contributed by atoms with Gasteiger partial charge in [-0.2, -0.15) is 0 Å². The van der Waals surface area contributed by atoms with E-state index in [4.69, 9.17) is 0 Å². The highest BCUT2D eigenvalue weighted by Gasteiger charge is 2.11. The monoisotopic (exact) mass is 233 g/mol. The van der Waals surface area contributed by atoms with Crippen LogP contribution in [0.4, 0.5) is 0 Å². The highest BCUT2D eigenvalue weighted by Crippen LogP contribution is 2.10. The van der Waals surface area contributed by atoms with E-state index < -0.39 is 0 Å². The highest BCUT2D eigenvalue weighted by molar-refractivity contribution is 7.36. The van der Waals surface area contributed by atoms with Crippen LogP contribution in [0.25, 0.3) is 0 Å². The van der Waals surface area contributed by atoms with Gasteiger partial charge in [0.1, 0.15) is 0 Å². The Morgan fingerprint density at radius 3 is 1.67 bits per heavy atom. The molecule has 1 nitrogen and oxygen atoms in total. The van der Waals surface area contributed by atoms with E-state index in [0.29, 0.717) is 0 Å². The molecule has 0 saturated carbocycles. The number of hydrogen-bond acceptors (Lipinski definition) is 1.